The maximum absolute atomic E-state index is 12.4. The molecule has 2 rings (SSSR count). The van der Waals surface area contributed by atoms with E-state index in [9.17, 15) is 4.79 Å². The molecule has 1 heterocycles. The first-order chi connectivity index (χ1) is 10.1. The number of benzene rings is 1. The number of aryl methyl sites for hydroxylation is 1. The maximum Gasteiger partial charge on any atom is 0.259 e. The predicted molar refractivity (Wildman–Crippen MR) is 79.9 cm³/mol. The van der Waals surface area contributed by atoms with Crippen LogP contribution in [-0.4, -0.2) is 29.9 Å². The number of rotatable bonds is 5. The summed E-state index contributed by atoms with van der Waals surface area (Å²) in [6, 6.07) is 5.15. The van der Waals surface area contributed by atoms with Crippen LogP contribution >= 0.6 is 11.6 Å². The van der Waals surface area contributed by atoms with E-state index < -0.39 is 0 Å². The Bertz CT molecular complexity index is 655. The minimum absolute atomic E-state index is 0.253. The van der Waals surface area contributed by atoms with Crippen LogP contribution in [0.2, 0.25) is 5.02 Å². The van der Waals surface area contributed by atoms with Gasteiger partial charge in [-0.05, 0) is 12.1 Å². The molecule has 1 aromatic heterocycles. The lowest BCUT2D eigenvalue weighted by atomic mass is 10.2. The first-order valence-electron chi connectivity index (χ1n) is 6.22. The van der Waals surface area contributed by atoms with Crippen molar-refractivity contribution in [1.29, 1.82) is 0 Å². The van der Waals surface area contributed by atoms with E-state index in [1.807, 2.05) is 0 Å². The van der Waals surface area contributed by atoms with Gasteiger partial charge < -0.3 is 14.8 Å². The van der Waals surface area contributed by atoms with Crippen LogP contribution in [0, 0.1) is 0 Å². The second kappa shape index (κ2) is 6.60. The monoisotopic (exact) mass is 309 g/mol. The fourth-order valence-electron chi connectivity index (χ4n) is 1.94. The number of methoxy groups -OCH3 is 2. The Balaban J connectivity index is 2.30. The molecule has 6 nitrogen and oxygen atoms in total. The van der Waals surface area contributed by atoms with Crippen LogP contribution in [0.15, 0.2) is 24.4 Å². The van der Waals surface area contributed by atoms with Crippen LogP contribution in [0.3, 0.4) is 0 Å². The Kier molecular flexibility index (Phi) is 4.82. The number of anilines is 1. The minimum Gasteiger partial charge on any atom is -0.495 e. The summed E-state index contributed by atoms with van der Waals surface area (Å²) in [5.74, 6) is 0.176. The zero-order chi connectivity index (χ0) is 15.4. The van der Waals surface area contributed by atoms with Crippen molar-refractivity contribution in [1.82, 2.24) is 9.78 Å². The van der Waals surface area contributed by atoms with Crippen LogP contribution < -0.4 is 10.1 Å². The van der Waals surface area contributed by atoms with Gasteiger partial charge >= 0.3 is 0 Å². The summed E-state index contributed by atoms with van der Waals surface area (Å²) in [6.07, 6.45) is 1.63. The van der Waals surface area contributed by atoms with Gasteiger partial charge in [0.2, 0.25) is 0 Å². The topological polar surface area (TPSA) is 65.4 Å². The zero-order valence-corrected chi connectivity index (χ0v) is 12.8. The number of aromatic nitrogens is 2. The molecule has 0 aliphatic rings. The molecule has 2 aromatic rings. The molecule has 0 atom stereocenters. The van der Waals surface area contributed by atoms with Crippen LogP contribution in [0.5, 0.6) is 5.75 Å². The van der Waals surface area contributed by atoms with Gasteiger partial charge in [-0.25, -0.2) is 0 Å². The standard InChI is InChI=1S/C14H16ClN3O3/c1-18-7-9(11(17-18)8-20-2)14(19)16-13-10(15)5-4-6-12(13)21-3/h4-7H,8H2,1-3H3,(H,16,19). The molecule has 7 heteroatoms. The number of para-hydroxylation sites is 1. The summed E-state index contributed by atoms with van der Waals surface area (Å²) >= 11 is 6.11. The molecule has 0 saturated carbocycles. The van der Waals surface area contributed by atoms with Crippen molar-refractivity contribution in [3.63, 3.8) is 0 Å². The first-order valence-corrected chi connectivity index (χ1v) is 6.60. The second-order valence-corrected chi connectivity index (χ2v) is 4.77. The number of nitrogens with one attached hydrogen (secondary N) is 1. The molecule has 0 fully saturated rings. The molecule has 0 spiro atoms. The van der Waals surface area contributed by atoms with E-state index in [0.29, 0.717) is 27.7 Å². The number of hydrogen-bond acceptors (Lipinski definition) is 4. The number of nitrogens with zero attached hydrogens (tertiary/aromatic N) is 2. The molecular formula is C14H16ClN3O3. The van der Waals surface area contributed by atoms with Crippen LogP contribution in [0.4, 0.5) is 5.69 Å². The maximum atomic E-state index is 12.4. The third-order valence-electron chi connectivity index (χ3n) is 2.86. The van der Waals surface area contributed by atoms with E-state index in [-0.39, 0.29) is 12.5 Å². The summed E-state index contributed by atoms with van der Waals surface area (Å²) in [4.78, 5) is 12.4. The van der Waals surface area contributed by atoms with Crippen molar-refractivity contribution in [2.75, 3.05) is 19.5 Å². The zero-order valence-electron chi connectivity index (χ0n) is 12.0. The molecule has 0 aliphatic heterocycles. The lowest BCUT2D eigenvalue weighted by molar-refractivity contribution is 0.102. The van der Waals surface area contributed by atoms with Crippen molar-refractivity contribution < 1.29 is 14.3 Å². The SMILES string of the molecule is COCc1nn(C)cc1C(=O)Nc1c(Cl)cccc1OC. The van der Waals surface area contributed by atoms with Gasteiger partial charge in [0.1, 0.15) is 17.1 Å². The fourth-order valence-corrected chi connectivity index (χ4v) is 2.16. The third kappa shape index (κ3) is 3.34. The molecule has 0 aliphatic carbocycles. The number of halogens is 1. The van der Waals surface area contributed by atoms with Gasteiger partial charge in [0.15, 0.2) is 0 Å². The molecule has 1 aromatic carbocycles. The highest BCUT2D eigenvalue weighted by molar-refractivity contribution is 6.34. The molecular weight excluding hydrogens is 294 g/mol. The minimum atomic E-state index is -0.318. The van der Waals surface area contributed by atoms with E-state index in [1.54, 1.807) is 43.2 Å². The van der Waals surface area contributed by atoms with Gasteiger partial charge in [0.05, 0.1) is 24.3 Å². The van der Waals surface area contributed by atoms with E-state index in [2.05, 4.69) is 10.4 Å². The fraction of sp³-hybridized carbons (Fsp3) is 0.286. The molecule has 1 amide bonds. The van der Waals surface area contributed by atoms with E-state index in [4.69, 9.17) is 21.1 Å². The molecule has 1 N–H and O–H groups in total. The first kappa shape index (κ1) is 15.3. The Hall–Kier alpha value is -2.05. The predicted octanol–water partition coefficient (Wildman–Crippen LogP) is 2.48. The molecule has 0 saturated heterocycles. The summed E-state index contributed by atoms with van der Waals surface area (Å²) in [6.45, 7) is 0.253. The number of carbonyl (C=O) groups is 1. The second-order valence-electron chi connectivity index (χ2n) is 4.37. The Morgan fingerprint density at radius 3 is 2.86 bits per heavy atom. The highest BCUT2D eigenvalue weighted by atomic mass is 35.5. The van der Waals surface area contributed by atoms with Crippen molar-refractivity contribution >= 4 is 23.2 Å². The highest BCUT2D eigenvalue weighted by Crippen LogP contribution is 2.32. The third-order valence-corrected chi connectivity index (χ3v) is 3.18. The van der Waals surface area contributed by atoms with E-state index in [0.717, 1.165) is 0 Å². The average Bonchev–Trinajstić information content (AvgIpc) is 2.82. The van der Waals surface area contributed by atoms with Gasteiger partial charge in [-0.1, -0.05) is 17.7 Å². The van der Waals surface area contributed by atoms with Crippen molar-refractivity contribution in [3.05, 3.63) is 40.7 Å². The summed E-state index contributed by atoms with van der Waals surface area (Å²) in [5.41, 5.74) is 1.42. The number of ether oxygens (including phenoxy) is 2. The van der Waals surface area contributed by atoms with Gasteiger partial charge in [0, 0.05) is 20.4 Å². The van der Waals surface area contributed by atoms with Gasteiger partial charge in [-0.3, -0.25) is 9.48 Å². The van der Waals surface area contributed by atoms with Crippen molar-refractivity contribution in [2.45, 2.75) is 6.61 Å². The molecule has 0 radical (unpaired) electrons. The van der Waals surface area contributed by atoms with Crippen molar-refractivity contribution in [3.8, 4) is 5.75 Å². The highest BCUT2D eigenvalue weighted by Gasteiger charge is 2.18. The van der Waals surface area contributed by atoms with E-state index in [1.165, 1.54) is 7.11 Å². The molecule has 21 heavy (non-hydrogen) atoms. The van der Waals surface area contributed by atoms with E-state index >= 15 is 0 Å². The summed E-state index contributed by atoms with van der Waals surface area (Å²) < 4.78 is 11.8. The number of hydrogen-bond donors (Lipinski definition) is 1. The summed E-state index contributed by atoms with van der Waals surface area (Å²) in [5, 5.41) is 7.35. The summed E-state index contributed by atoms with van der Waals surface area (Å²) in [7, 11) is 4.81. The Labute approximate surface area is 127 Å². The molecule has 0 unspecified atom stereocenters. The Morgan fingerprint density at radius 2 is 2.19 bits per heavy atom. The smallest absolute Gasteiger partial charge is 0.259 e. The largest absolute Gasteiger partial charge is 0.495 e. The lowest BCUT2D eigenvalue weighted by Crippen LogP contribution is -2.14. The van der Waals surface area contributed by atoms with Crippen LogP contribution in [0.25, 0.3) is 0 Å². The van der Waals surface area contributed by atoms with Gasteiger partial charge in [-0.15, -0.1) is 0 Å². The van der Waals surface area contributed by atoms with Gasteiger partial charge in [0.25, 0.3) is 5.91 Å². The lowest BCUT2D eigenvalue weighted by Gasteiger charge is -2.11. The molecule has 112 valence electrons. The Morgan fingerprint density at radius 1 is 1.43 bits per heavy atom. The van der Waals surface area contributed by atoms with Crippen molar-refractivity contribution in [2.24, 2.45) is 7.05 Å². The van der Waals surface area contributed by atoms with Crippen LogP contribution in [0.1, 0.15) is 16.1 Å². The molecule has 0 bridgehead atoms. The number of carbonyl (C=O) groups excluding carboxylic acids is 1. The normalized spacial score (nSPS) is 10.5. The quantitative estimate of drug-likeness (QED) is 0.921. The number of amides is 1. The average molecular weight is 310 g/mol. The van der Waals surface area contributed by atoms with Crippen LogP contribution in [-0.2, 0) is 18.4 Å². The van der Waals surface area contributed by atoms with Gasteiger partial charge in [-0.2, -0.15) is 5.10 Å².